The highest BCUT2D eigenvalue weighted by Crippen LogP contribution is 2.25. The van der Waals surface area contributed by atoms with Gasteiger partial charge in [0.2, 0.25) is 10.0 Å². The van der Waals surface area contributed by atoms with E-state index in [1.807, 2.05) is 0 Å². The molecule has 9 heteroatoms. The van der Waals surface area contributed by atoms with Crippen LogP contribution >= 0.6 is 0 Å². The monoisotopic (exact) mass is 314 g/mol. The van der Waals surface area contributed by atoms with Crippen LogP contribution in [-0.2, 0) is 10.0 Å². The zero-order chi connectivity index (χ0) is 15.5. The molecule has 1 aromatic rings. The van der Waals surface area contributed by atoms with Gasteiger partial charge in [0.15, 0.2) is 6.20 Å². The van der Waals surface area contributed by atoms with Gasteiger partial charge in [-0.25, -0.2) is 13.1 Å². The van der Waals surface area contributed by atoms with Crippen LogP contribution in [0.3, 0.4) is 0 Å². The fourth-order valence-corrected chi connectivity index (χ4v) is 3.48. The molecule has 0 radical (unpaired) electrons. The Morgan fingerprint density at radius 3 is 2.52 bits per heavy atom. The highest BCUT2D eigenvalue weighted by atomic mass is 32.2. The van der Waals surface area contributed by atoms with Crippen molar-refractivity contribution in [2.24, 2.45) is 5.73 Å². The van der Waals surface area contributed by atoms with Gasteiger partial charge in [-0.2, -0.15) is 0 Å². The van der Waals surface area contributed by atoms with Crippen LogP contribution in [0.4, 0.5) is 5.82 Å². The Morgan fingerprint density at radius 2 is 2.00 bits per heavy atom. The van der Waals surface area contributed by atoms with Crippen molar-refractivity contribution in [3.63, 3.8) is 0 Å². The number of nitro groups is 1. The molecular formula is C12H18N4O4S. The van der Waals surface area contributed by atoms with E-state index >= 15 is 0 Å². The molecule has 3 N–H and O–H groups in total. The van der Waals surface area contributed by atoms with Crippen molar-refractivity contribution < 1.29 is 13.3 Å². The molecule has 0 unspecified atom stereocenters. The van der Waals surface area contributed by atoms with Crippen LogP contribution in [0.5, 0.6) is 0 Å². The topological polar surface area (TPSA) is 128 Å². The van der Waals surface area contributed by atoms with Gasteiger partial charge < -0.3 is 15.8 Å². The third-order valence-corrected chi connectivity index (χ3v) is 5.07. The molecule has 1 heterocycles. The maximum Gasteiger partial charge on any atom is 0.363 e. The third-order valence-electron chi connectivity index (χ3n) is 3.68. The number of rotatable bonds is 5. The zero-order valence-electron chi connectivity index (χ0n) is 11.5. The maximum absolute atomic E-state index is 12.1. The van der Waals surface area contributed by atoms with E-state index in [9.17, 15) is 18.5 Å². The van der Waals surface area contributed by atoms with Crippen molar-refractivity contribution in [1.82, 2.24) is 9.71 Å². The zero-order valence-corrected chi connectivity index (χ0v) is 12.3. The van der Waals surface area contributed by atoms with Crippen molar-refractivity contribution in [3.05, 3.63) is 28.4 Å². The first-order valence-electron chi connectivity index (χ1n) is 6.71. The van der Waals surface area contributed by atoms with Gasteiger partial charge in [-0.3, -0.25) is 0 Å². The molecule has 1 aromatic heterocycles. The van der Waals surface area contributed by atoms with Crippen molar-refractivity contribution in [3.8, 4) is 0 Å². The van der Waals surface area contributed by atoms with Crippen LogP contribution in [0.15, 0.2) is 23.2 Å². The smallest absolute Gasteiger partial charge is 0.358 e. The molecule has 1 aliphatic rings. The molecule has 0 atom stereocenters. The van der Waals surface area contributed by atoms with Gasteiger partial charge in [0.1, 0.15) is 4.90 Å². The number of nitrogens with two attached hydrogens (primary N) is 1. The quantitative estimate of drug-likeness (QED) is 0.614. The molecule has 0 saturated heterocycles. The number of nitrogens with zero attached hydrogens (tertiary/aromatic N) is 2. The summed E-state index contributed by atoms with van der Waals surface area (Å²) in [7, 11) is -3.76. The summed E-state index contributed by atoms with van der Waals surface area (Å²) in [4.78, 5) is 13.2. The van der Waals surface area contributed by atoms with Crippen LogP contribution in [0.2, 0.25) is 0 Å². The SMILES string of the molecule is NC1(CNS(=O)(=O)c2ccc([N+](=O)[O-])nc2)CCCCC1. The number of hydrogen-bond acceptors (Lipinski definition) is 6. The Balaban J connectivity index is 2.05. The Morgan fingerprint density at radius 1 is 1.33 bits per heavy atom. The summed E-state index contributed by atoms with van der Waals surface area (Å²) in [6.07, 6.45) is 5.67. The van der Waals surface area contributed by atoms with Crippen LogP contribution in [-0.4, -0.2) is 30.4 Å². The van der Waals surface area contributed by atoms with Crippen molar-refractivity contribution in [2.45, 2.75) is 42.5 Å². The van der Waals surface area contributed by atoms with Gasteiger partial charge in [-0.05, 0) is 28.8 Å². The largest absolute Gasteiger partial charge is 0.363 e. The minimum Gasteiger partial charge on any atom is -0.358 e. The number of sulfonamides is 1. The van der Waals surface area contributed by atoms with Gasteiger partial charge in [-0.15, -0.1) is 0 Å². The molecular weight excluding hydrogens is 296 g/mol. The highest BCUT2D eigenvalue weighted by Gasteiger charge is 2.29. The first kappa shape index (κ1) is 15.8. The molecule has 0 bridgehead atoms. The summed E-state index contributed by atoms with van der Waals surface area (Å²) in [6.45, 7) is 0.159. The Kier molecular flexibility index (Phi) is 4.55. The normalized spacial score (nSPS) is 18.3. The Labute approximate surface area is 123 Å². The van der Waals surface area contributed by atoms with Crippen molar-refractivity contribution in [2.75, 3.05) is 6.54 Å². The van der Waals surface area contributed by atoms with E-state index in [1.54, 1.807) is 0 Å². The minimum atomic E-state index is -3.76. The number of aromatic nitrogens is 1. The van der Waals surface area contributed by atoms with Gasteiger partial charge in [-0.1, -0.05) is 19.3 Å². The second-order valence-electron chi connectivity index (χ2n) is 5.36. The summed E-state index contributed by atoms with van der Waals surface area (Å²) in [5.41, 5.74) is 5.66. The molecule has 1 fully saturated rings. The molecule has 1 aliphatic carbocycles. The Bertz CT molecular complexity index is 609. The molecule has 116 valence electrons. The van der Waals surface area contributed by atoms with Crippen LogP contribution < -0.4 is 10.5 Å². The summed E-state index contributed by atoms with van der Waals surface area (Å²) < 4.78 is 26.7. The van der Waals surface area contributed by atoms with E-state index in [4.69, 9.17) is 5.73 Å². The average molecular weight is 314 g/mol. The fourth-order valence-electron chi connectivity index (χ4n) is 2.39. The second kappa shape index (κ2) is 6.04. The van der Waals surface area contributed by atoms with Gasteiger partial charge >= 0.3 is 5.82 Å². The number of pyridine rings is 1. The molecule has 2 rings (SSSR count). The van der Waals surface area contributed by atoms with E-state index in [0.29, 0.717) is 0 Å². The average Bonchev–Trinajstić information content (AvgIpc) is 2.46. The summed E-state index contributed by atoms with van der Waals surface area (Å²) in [6, 6.07) is 2.23. The van der Waals surface area contributed by atoms with E-state index in [2.05, 4.69) is 9.71 Å². The molecule has 21 heavy (non-hydrogen) atoms. The van der Waals surface area contributed by atoms with Crippen molar-refractivity contribution in [1.29, 1.82) is 0 Å². The molecule has 1 saturated carbocycles. The third kappa shape index (κ3) is 3.96. The fraction of sp³-hybridized carbons (Fsp3) is 0.583. The van der Waals surface area contributed by atoms with Crippen LogP contribution in [0.1, 0.15) is 32.1 Å². The molecule has 0 aliphatic heterocycles. The number of hydrogen-bond donors (Lipinski definition) is 2. The molecule has 0 amide bonds. The Hall–Kier alpha value is -1.58. The van der Waals surface area contributed by atoms with Gasteiger partial charge in [0.05, 0.1) is 0 Å². The standard InChI is InChI=1S/C12H18N4O4S/c13-12(6-2-1-3-7-12)9-15-21(19,20)10-4-5-11(14-8-10)16(17)18/h4-5,8,15H,1-3,6-7,9,13H2. The van der Waals surface area contributed by atoms with E-state index in [1.165, 1.54) is 0 Å². The predicted octanol–water partition coefficient (Wildman–Crippen LogP) is 0.930. The second-order valence-corrected chi connectivity index (χ2v) is 7.12. The lowest BCUT2D eigenvalue weighted by atomic mass is 9.83. The highest BCUT2D eigenvalue weighted by molar-refractivity contribution is 7.89. The number of nitrogens with one attached hydrogen (secondary N) is 1. The maximum atomic E-state index is 12.1. The summed E-state index contributed by atoms with van der Waals surface area (Å²) in [5.74, 6) is -0.392. The lowest BCUT2D eigenvalue weighted by Gasteiger charge is -2.33. The molecule has 0 aromatic carbocycles. The first-order valence-corrected chi connectivity index (χ1v) is 8.20. The van der Waals surface area contributed by atoms with Crippen molar-refractivity contribution >= 4 is 15.8 Å². The van der Waals surface area contributed by atoms with E-state index < -0.39 is 26.3 Å². The van der Waals surface area contributed by atoms with Gasteiger partial charge in [0.25, 0.3) is 0 Å². The van der Waals surface area contributed by atoms with E-state index in [0.717, 1.165) is 50.4 Å². The lowest BCUT2D eigenvalue weighted by molar-refractivity contribution is -0.389. The molecule has 8 nitrogen and oxygen atoms in total. The lowest BCUT2D eigenvalue weighted by Crippen LogP contribution is -2.51. The minimum absolute atomic E-state index is 0.104. The first-order chi connectivity index (χ1) is 9.82. The van der Waals surface area contributed by atoms with Crippen LogP contribution in [0, 0.1) is 10.1 Å². The summed E-state index contributed by atoms with van der Waals surface area (Å²) in [5, 5.41) is 10.5. The van der Waals surface area contributed by atoms with Crippen LogP contribution in [0.25, 0.3) is 0 Å². The molecule has 0 spiro atoms. The predicted molar refractivity (Wildman–Crippen MR) is 76.1 cm³/mol. The van der Waals surface area contributed by atoms with Gasteiger partial charge in [0, 0.05) is 18.2 Å². The summed E-state index contributed by atoms with van der Waals surface area (Å²) >= 11 is 0. The van der Waals surface area contributed by atoms with E-state index in [-0.39, 0.29) is 11.4 Å².